The lowest BCUT2D eigenvalue weighted by Gasteiger charge is -1.99. The molecule has 2 nitrogen and oxygen atoms in total. The third kappa shape index (κ3) is 0.571. The number of hydrogen-bond acceptors (Lipinski definition) is 2. The number of hydrogen-bond donors (Lipinski definition) is 0. The van der Waals surface area contributed by atoms with Crippen molar-refractivity contribution < 1.29 is 0 Å². The molecular weight excluding hydrogens is 76.1 g/mol. The Labute approximate surface area is 37.5 Å². The fourth-order valence-electron chi connectivity index (χ4n) is 0.452. The molecule has 1 aliphatic heterocycles. The minimum absolute atomic E-state index is 0.889. The van der Waals surface area contributed by atoms with E-state index in [0.717, 1.165) is 13.2 Å². The van der Waals surface area contributed by atoms with Crippen LogP contribution in [0.1, 0.15) is 0 Å². The fraction of sp³-hybridized carbons (Fsp3) is 0.750. The summed E-state index contributed by atoms with van der Waals surface area (Å²) in [5.41, 5.74) is 0. The van der Waals surface area contributed by atoms with Crippen molar-refractivity contribution in [3.05, 3.63) is 0 Å². The summed E-state index contributed by atoms with van der Waals surface area (Å²) in [4.78, 5) is 6.10. The normalized spacial score (nSPS) is 22.8. The summed E-state index contributed by atoms with van der Waals surface area (Å²) in [6.45, 7) is 1.92. The van der Waals surface area contributed by atoms with Crippen LogP contribution in [0.2, 0.25) is 0 Å². The van der Waals surface area contributed by atoms with Crippen LogP contribution < -0.4 is 0 Å². The summed E-state index contributed by atoms with van der Waals surface area (Å²) in [5, 5.41) is 0. The molecule has 0 saturated heterocycles. The standard InChI is InChI=1S/C4H8N2/c1-6-3-2-5-4-6/h2H,3-4H2,1H3. The minimum atomic E-state index is 0.889. The molecule has 0 bridgehead atoms. The minimum Gasteiger partial charge on any atom is -0.282 e. The molecule has 0 aromatic rings. The van der Waals surface area contributed by atoms with Gasteiger partial charge in [-0.05, 0) is 7.05 Å². The van der Waals surface area contributed by atoms with Gasteiger partial charge < -0.3 is 0 Å². The van der Waals surface area contributed by atoms with Gasteiger partial charge in [0.25, 0.3) is 0 Å². The van der Waals surface area contributed by atoms with Crippen molar-refractivity contribution in [3.8, 4) is 0 Å². The van der Waals surface area contributed by atoms with Crippen molar-refractivity contribution in [2.24, 2.45) is 4.99 Å². The third-order valence-corrected chi connectivity index (χ3v) is 0.845. The molecule has 0 unspecified atom stereocenters. The van der Waals surface area contributed by atoms with E-state index < -0.39 is 0 Å². The van der Waals surface area contributed by atoms with E-state index in [1.807, 2.05) is 13.3 Å². The van der Waals surface area contributed by atoms with Gasteiger partial charge in [0.05, 0.1) is 6.67 Å². The molecule has 1 rings (SSSR count). The highest BCUT2D eigenvalue weighted by Gasteiger charge is 1.95. The molecule has 34 valence electrons. The summed E-state index contributed by atoms with van der Waals surface area (Å²) in [7, 11) is 2.05. The van der Waals surface area contributed by atoms with Crippen molar-refractivity contribution >= 4 is 6.21 Å². The first-order valence-electron chi connectivity index (χ1n) is 2.06. The lowest BCUT2D eigenvalue weighted by molar-refractivity contribution is 0.422. The van der Waals surface area contributed by atoms with Crippen molar-refractivity contribution in [3.63, 3.8) is 0 Å². The highest BCUT2D eigenvalue weighted by molar-refractivity contribution is 5.61. The van der Waals surface area contributed by atoms with E-state index >= 15 is 0 Å². The molecule has 1 aliphatic rings. The predicted octanol–water partition coefficient (Wildman–Crippen LogP) is -0.0399. The number of nitrogens with zero attached hydrogens (tertiary/aromatic N) is 2. The Balaban J connectivity index is 2.32. The van der Waals surface area contributed by atoms with Gasteiger partial charge >= 0.3 is 0 Å². The Morgan fingerprint density at radius 1 is 1.83 bits per heavy atom. The Hall–Kier alpha value is -0.370. The van der Waals surface area contributed by atoms with E-state index in [2.05, 4.69) is 9.89 Å². The first-order valence-corrected chi connectivity index (χ1v) is 2.06. The maximum absolute atomic E-state index is 3.97. The monoisotopic (exact) mass is 84.1 g/mol. The Morgan fingerprint density at radius 3 is 2.83 bits per heavy atom. The quantitative estimate of drug-likeness (QED) is 0.402. The highest BCUT2D eigenvalue weighted by Crippen LogP contribution is 1.85. The van der Waals surface area contributed by atoms with Gasteiger partial charge in [-0.25, -0.2) is 0 Å². The number of aliphatic imine (C=N–C) groups is 1. The average molecular weight is 84.1 g/mol. The zero-order valence-corrected chi connectivity index (χ0v) is 3.89. The second kappa shape index (κ2) is 1.39. The summed E-state index contributed by atoms with van der Waals surface area (Å²) in [6, 6.07) is 0. The molecule has 2 heteroatoms. The topological polar surface area (TPSA) is 15.6 Å². The fourth-order valence-corrected chi connectivity index (χ4v) is 0.452. The summed E-state index contributed by atoms with van der Waals surface area (Å²) >= 11 is 0. The lowest BCUT2D eigenvalue weighted by Crippen LogP contribution is -2.12. The highest BCUT2D eigenvalue weighted by atomic mass is 15.2. The van der Waals surface area contributed by atoms with Gasteiger partial charge in [-0.1, -0.05) is 0 Å². The van der Waals surface area contributed by atoms with Gasteiger partial charge in [-0.3, -0.25) is 9.89 Å². The first-order chi connectivity index (χ1) is 2.89. The van der Waals surface area contributed by atoms with Gasteiger partial charge in [-0.2, -0.15) is 0 Å². The third-order valence-electron chi connectivity index (χ3n) is 0.845. The van der Waals surface area contributed by atoms with E-state index in [9.17, 15) is 0 Å². The molecular formula is C4H8N2. The molecule has 6 heavy (non-hydrogen) atoms. The van der Waals surface area contributed by atoms with E-state index in [4.69, 9.17) is 0 Å². The van der Waals surface area contributed by atoms with Crippen LogP contribution in [-0.4, -0.2) is 31.4 Å². The Kier molecular flexibility index (Phi) is 0.881. The number of rotatable bonds is 0. The van der Waals surface area contributed by atoms with Crippen LogP contribution >= 0.6 is 0 Å². The van der Waals surface area contributed by atoms with Crippen LogP contribution in [0.3, 0.4) is 0 Å². The van der Waals surface area contributed by atoms with E-state index in [0.29, 0.717) is 0 Å². The molecule has 0 fully saturated rings. The maximum Gasteiger partial charge on any atom is 0.0906 e. The summed E-state index contributed by atoms with van der Waals surface area (Å²) in [6.07, 6.45) is 1.93. The zero-order valence-electron chi connectivity index (χ0n) is 3.89. The summed E-state index contributed by atoms with van der Waals surface area (Å²) in [5.74, 6) is 0. The van der Waals surface area contributed by atoms with Gasteiger partial charge in [-0.15, -0.1) is 0 Å². The second-order valence-electron chi connectivity index (χ2n) is 1.55. The lowest BCUT2D eigenvalue weighted by atomic mass is 10.7. The molecule has 0 spiro atoms. The molecule has 0 N–H and O–H groups in total. The summed E-state index contributed by atoms with van der Waals surface area (Å²) < 4.78 is 0. The molecule has 0 atom stereocenters. The molecule has 0 radical (unpaired) electrons. The van der Waals surface area contributed by atoms with Gasteiger partial charge in [0.2, 0.25) is 0 Å². The van der Waals surface area contributed by atoms with E-state index in [-0.39, 0.29) is 0 Å². The van der Waals surface area contributed by atoms with Crippen molar-refractivity contribution in [1.82, 2.24) is 4.90 Å². The van der Waals surface area contributed by atoms with Crippen LogP contribution in [0.5, 0.6) is 0 Å². The van der Waals surface area contributed by atoms with Crippen molar-refractivity contribution in [1.29, 1.82) is 0 Å². The van der Waals surface area contributed by atoms with Crippen molar-refractivity contribution in [2.75, 3.05) is 20.3 Å². The van der Waals surface area contributed by atoms with Crippen LogP contribution in [0.25, 0.3) is 0 Å². The van der Waals surface area contributed by atoms with E-state index in [1.165, 1.54) is 0 Å². The van der Waals surface area contributed by atoms with Crippen LogP contribution in [-0.2, 0) is 0 Å². The van der Waals surface area contributed by atoms with Gasteiger partial charge in [0, 0.05) is 12.8 Å². The molecule has 0 amide bonds. The SMILES string of the molecule is CN1CC=NC1. The van der Waals surface area contributed by atoms with Gasteiger partial charge in [0.1, 0.15) is 0 Å². The van der Waals surface area contributed by atoms with E-state index in [1.54, 1.807) is 0 Å². The van der Waals surface area contributed by atoms with Crippen LogP contribution in [0.15, 0.2) is 4.99 Å². The molecule has 0 aromatic carbocycles. The van der Waals surface area contributed by atoms with Gasteiger partial charge in [0.15, 0.2) is 0 Å². The molecule has 0 aliphatic carbocycles. The zero-order chi connectivity index (χ0) is 4.41. The maximum atomic E-state index is 3.97. The Morgan fingerprint density at radius 2 is 2.67 bits per heavy atom. The Bertz CT molecular complexity index is 59.9. The largest absolute Gasteiger partial charge is 0.282 e. The van der Waals surface area contributed by atoms with Crippen LogP contribution in [0.4, 0.5) is 0 Å². The average Bonchev–Trinajstić information content (AvgIpc) is 1.86. The smallest absolute Gasteiger partial charge is 0.0906 e. The predicted molar refractivity (Wildman–Crippen MR) is 26.0 cm³/mol. The molecule has 0 aromatic heterocycles. The van der Waals surface area contributed by atoms with Crippen molar-refractivity contribution in [2.45, 2.75) is 0 Å². The van der Waals surface area contributed by atoms with Crippen LogP contribution in [0, 0.1) is 0 Å². The first kappa shape index (κ1) is 3.81. The molecule has 1 heterocycles. The molecule has 0 saturated carbocycles. The second-order valence-corrected chi connectivity index (χ2v) is 1.55.